The zero-order valence-electron chi connectivity index (χ0n) is 16.3. The second-order valence-electron chi connectivity index (χ2n) is 6.34. The standard InChI is InChI=1S/C19H28F2N4O3/c1-3-22-19(24-13-17(26)25-9-5-4-6-10-25)23-12-14-11-15(27-2)7-8-16(14)28-18(20)21/h7-8,11,18H,3-6,9-10,12-13H2,1-2H3,(H2,22,23,24). The van der Waals surface area contributed by atoms with Crippen LogP contribution in [0.1, 0.15) is 31.7 Å². The predicted octanol–water partition coefficient (Wildman–Crippen LogP) is 2.36. The van der Waals surface area contributed by atoms with Crippen LogP contribution in [0.15, 0.2) is 23.2 Å². The van der Waals surface area contributed by atoms with E-state index in [0.29, 0.717) is 23.8 Å². The highest BCUT2D eigenvalue weighted by molar-refractivity contribution is 5.86. The number of guanidine groups is 1. The summed E-state index contributed by atoms with van der Waals surface area (Å²) in [7, 11) is 1.49. The lowest BCUT2D eigenvalue weighted by molar-refractivity contribution is -0.130. The zero-order valence-corrected chi connectivity index (χ0v) is 16.3. The molecule has 7 nitrogen and oxygen atoms in total. The number of nitrogens with zero attached hydrogens (tertiary/aromatic N) is 2. The molecule has 0 spiro atoms. The Morgan fingerprint density at radius 1 is 1.25 bits per heavy atom. The molecule has 1 aliphatic rings. The Kier molecular flexibility index (Phi) is 8.77. The molecule has 0 atom stereocenters. The Labute approximate surface area is 164 Å². The third-order valence-corrected chi connectivity index (χ3v) is 4.35. The van der Waals surface area contributed by atoms with E-state index in [1.807, 2.05) is 11.8 Å². The summed E-state index contributed by atoms with van der Waals surface area (Å²) in [5.41, 5.74) is 0.458. The van der Waals surface area contributed by atoms with Gasteiger partial charge in [-0.25, -0.2) is 4.99 Å². The van der Waals surface area contributed by atoms with Crippen LogP contribution in [0.4, 0.5) is 8.78 Å². The summed E-state index contributed by atoms with van der Waals surface area (Å²) in [4.78, 5) is 18.5. The molecule has 1 saturated heterocycles. The summed E-state index contributed by atoms with van der Waals surface area (Å²) >= 11 is 0. The number of amides is 1. The topological polar surface area (TPSA) is 75.2 Å². The van der Waals surface area contributed by atoms with Crippen molar-refractivity contribution in [1.82, 2.24) is 15.5 Å². The summed E-state index contributed by atoms with van der Waals surface area (Å²) in [6, 6.07) is 4.57. The van der Waals surface area contributed by atoms with Gasteiger partial charge >= 0.3 is 6.61 Å². The van der Waals surface area contributed by atoms with Crippen molar-refractivity contribution in [3.63, 3.8) is 0 Å². The van der Waals surface area contributed by atoms with Crippen LogP contribution in [0.3, 0.4) is 0 Å². The lowest BCUT2D eigenvalue weighted by Crippen LogP contribution is -2.46. The van der Waals surface area contributed by atoms with Crippen LogP contribution in [-0.2, 0) is 11.3 Å². The highest BCUT2D eigenvalue weighted by Gasteiger charge is 2.16. The SMILES string of the molecule is CCNC(=NCc1cc(OC)ccc1OC(F)F)NCC(=O)N1CCCCC1. The first kappa shape index (κ1) is 21.7. The molecule has 2 rings (SSSR count). The Hall–Kier alpha value is -2.58. The van der Waals surface area contributed by atoms with Gasteiger partial charge in [-0.1, -0.05) is 0 Å². The molecule has 28 heavy (non-hydrogen) atoms. The predicted molar refractivity (Wildman–Crippen MR) is 103 cm³/mol. The number of halogens is 2. The molecule has 0 bridgehead atoms. The van der Waals surface area contributed by atoms with E-state index in [2.05, 4.69) is 20.4 Å². The lowest BCUT2D eigenvalue weighted by atomic mass is 10.1. The number of piperidine rings is 1. The average Bonchev–Trinajstić information content (AvgIpc) is 2.71. The van der Waals surface area contributed by atoms with Crippen LogP contribution in [0.5, 0.6) is 11.5 Å². The Balaban J connectivity index is 2.03. The molecule has 1 amide bonds. The van der Waals surface area contributed by atoms with Gasteiger partial charge in [0.2, 0.25) is 5.91 Å². The van der Waals surface area contributed by atoms with Crippen molar-refractivity contribution in [2.75, 3.05) is 33.3 Å². The van der Waals surface area contributed by atoms with E-state index < -0.39 is 6.61 Å². The van der Waals surface area contributed by atoms with Crippen LogP contribution >= 0.6 is 0 Å². The van der Waals surface area contributed by atoms with Gasteiger partial charge in [0.25, 0.3) is 0 Å². The number of hydrogen-bond acceptors (Lipinski definition) is 4. The summed E-state index contributed by atoms with van der Waals surface area (Å²) < 4.78 is 35.0. The van der Waals surface area contributed by atoms with Crippen LogP contribution in [0.2, 0.25) is 0 Å². The minimum Gasteiger partial charge on any atom is -0.497 e. The van der Waals surface area contributed by atoms with Crippen molar-refractivity contribution < 1.29 is 23.0 Å². The van der Waals surface area contributed by atoms with Gasteiger partial charge in [0.05, 0.1) is 20.2 Å². The molecule has 156 valence electrons. The molecule has 0 aromatic heterocycles. The van der Waals surface area contributed by atoms with Gasteiger partial charge in [-0.05, 0) is 44.4 Å². The van der Waals surface area contributed by atoms with Crippen LogP contribution < -0.4 is 20.1 Å². The monoisotopic (exact) mass is 398 g/mol. The number of alkyl halides is 2. The molecule has 0 unspecified atom stereocenters. The maximum atomic E-state index is 12.6. The minimum atomic E-state index is -2.93. The van der Waals surface area contributed by atoms with Crippen molar-refractivity contribution in [3.05, 3.63) is 23.8 Å². The number of benzene rings is 1. The number of carbonyl (C=O) groups excluding carboxylic acids is 1. The first-order valence-corrected chi connectivity index (χ1v) is 9.45. The highest BCUT2D eigenvalue weighted by Crippen LogP contribution is 2.26. The molecule has 0 radical (unpaired) electrons. The molecule has 1 aromatic carbocycles. The van der Waals surface area contributed by atoms with E-state index in [0.717, 1.165) is 32.4 Å². The molecule has 0 saturated carbocycles. The molecular weight excluding hydrogens is 370 g/mol. The highest BCUT2D eigenvalue weighted by atomic mass is 19.3. The summed E-state index contributed by atoms with van der Waals surface area (Å²) in [5, 5.41) is 6.05. The van der Waals surface area contributed by atoms with Gasteiger partial charge in [-0.3, -0.25) is 4.79 Å². The normalized spacial score (nSPS) is 14.8. The van der Waals surface area contributed by atoms with Gasteiger partial charge in [0.15, 0.2) is 5.96 Å². The van der Waals surface area contributed by atoms with E-state index in [9.17, 15) is 13.6 Å². The van der Waals surface area contributed by atoms with Crippen molar-refractivity contribution in [2.24, 2.45) is 4.99 Å². The fourth-order valence-electron chi connectivity index (χ4n) is 2.94. The van der Waals surface area contributed by atoms with Crippen molar-refractivity contribution in [1.29, 1.82) is 0 Å². The maximum Gasteiger partial charge on any atom is 0.387 e. The summed E-state index contributed by atoms with van der Waals surface area (Å²) in [6.07, 6.45) is 3.22. The fraction of sp³-hybridized carbons (Fsp3) is 0.579. The number of likely N-dealkylation sites (tertiary alicyclic amines) is 1. The van der Waals surface area contributed by atoms with E-state index in [-0.39, 0.29) is 24.7 Å². The zero-order chi connectivity index (χ0) is 20.4. The van der Waals surface area contributed by atoms with E-state index >= 15 is 0 Å². The number of methoxy groups -OCH3 is 1. The minimum absolute atomic E-state index is 0.0217. The molecule has 2 N–H and O–H groups in total. The Bertz CT molecular complexity index is 665. The van der Waals surface area contributed by atoms with E-state index in [4.69, 9.17) is 4.74 Å². The van der Waals surface area contributed by atoms with Crippen LogP contribution in [0.25, 0.3) is 0 Å². The summed E-state index contributed by atoms with van der Waals surface area (Å²) in [6.45, 7) is 1.36. The quantitative estimate of drug-likeness (QED) is 0.519. The number of nitrogens with one attached hydrogen (secondary N) is 2. The molecule has 1 fully saturated rings. The summed E-state index contributed by atoms with van der Waals surface area (Å²) in [5.74, 6) is 1.01. The number of carbonyl (C=O) groups is 1. The van der Waals surface area contributed by atoms with Gasteiger partial charge in [-0.15, -0.1) is 0 Å². The lowest BCUT2D eigenvalue weighted by Gasteiger charge is -2.27. The number of hydrogen-bond donors (Lipinski definition) is 2. The Morgan fingerprint density at radius 2 is 2.00 bits per heavy atom. The molecule has 1 aromatic rings. The first-order chi connectivity index (χ1) is 13.5. The van der Waals surface area contributed by atoms with Gasteiger partial charge in [0.1, 0.15) is 11.5 Å². The van der Waals surface area contributed by atoms with Crippen molar-refractivity contribution in [3.8, 4) is 11.5 Å². The van der Waals surface area contributed by atoms with Crippen LogP contribution in [0, 0.1) is 0 Å². The molecule has 1 heterocycles. The van der Waals surface area contributed by atoms with Crippen molar-refractivity contribution >= 4 is 11.9 Å². The maximum absolute atomic E-state index is 12.6. The number of aliphatic imine (C=N–C) groups is 1. The number of ether oxygens (including phenoxy) is 2. The van der Waals surface area contributed by atoms with Crippen molar-refractivity contribution in [2.45, 2.75) is 39.3 Å². The van der Waals surface area contributed by atoms with Gasteiger partial charge in [0, 0.05) is 25.2 Å². The van der Waals surface area contributed by atoms with Gasteiger partial charge < -0.3 is 25.0 Å². The number of rotatable bonds is 8. The molecule has 0 aliphatic carbocycles. The molecule has 9 heteroatoms. The second-order valence-corrected chi connectivity index (χ2v) is 6.34. The Morgan fingerprint density at radius 3 is 2.64 bits per heavy atom. The third-order valence-electron chi connectivity index (χ3n) is 4.35. The van der Waals surface area contributed by atoms with E-state index in [1.54, 1.807) is 12.1 Å². The fourth-order valence-corrected chi connectivity index (χ4v) is 2.94. The second kappa shape index (κ2) is 11.3. The average molecular weight is 398 g/mol. The molecule has 1 aliphatic heterocycles. The third kappa shape index (κ3) is 6.86. The largest absolute Gasteiger partial charge is 0.497 e. The van der Waals surface area contributed by atoms with Gasteiger partial charge in [-0.2, -0.15) is 8.78 Å². The smallest absolute Gasteiger partial charge is 0.387 e. The first-order valence-electron chi connectivity index (χ1n) is 9.45. The van der Waals surface area contributed by atoms with Crippen LogP contribution in [-0.4, -0.2) is 56.7 Å². The van der Waals surface area contributed by atoms with E-state index in [1.165, 1.54) is 13.2 Å². The molecular formula is C19H28F2N4O3.